The largest absolute Gasteiger partial charge is 0.480 e. The first kappa shape index (κ1) is 33.2. The Morgan fingerprint density at radius 2 is 1.40 bits per heavy atom. The van der Waals surface area contributed by atoms with Gasteiger partial charge in [0.25, 0.3) is 0 Å². The number of ketones is 1. The number of unbranched alkanes of at least 4 members (excludes halogenated alkanes) is 2. The van der Waals surface area contributed by atoms with Crippen LogP contribution in [0.25, 0.3) is 11.1 Å². The SMILES string of the molecule is C[C@@H](CCCNC(=O)OCc1ccccc1)C(=O)CCCCCC(NC(=O)OCC1c2ccccc2-c2ccccc21)C(=O)O. The number of carboxylic acid groups (broad SMARTS) is 1. The molecule has 1 aliphatic carbocycles. The average Bonchev–Trinajstić information content (AvgIpc) is 3.37. The second-order valence-corrected chi connectivity index (χ2v) is 11.5. The predicted molar refractivity (Wildman–Crippen MR) is 171 cm³/mol. The number of hydrogen-bond acceptors (Lipinski definition) is 6. The number of Topliss-reactive ketones (excluding diaryl/α,β-unsaturated/α-hetero) is 1. The van der Waals surface area contributed by atoms with E-state index in [9.17, 15) is 24.3 Å². The van der Waals surface area contributed by atoms with Crippen LogP contribution in [0.5, 0.6) is 0 Å². The van der Waals surface area contributed by atoms with Gasteiger partial charge >= 0.3 is 18.2 Å². The molecule has 9 heteroatoms. The summed E-state index contributed by atoms with van der Waals surface area (Å²) in [5.74, 6) is -1.21. The van der Waals surface area contributed by atoms with Crippen LogP contribution in [0.2, 0.25) is 0 Å². The highest BCUT2D eigenvalue weighted by atomic mass is 16.6. The zero-order valence-corrected chi connectivity index (χ0v) is 25.7. The first-order chi connectivity index (χ1) is 21.8. The normalized spacial score (nSPS) is 13.2. The summed E-state index contributed by atoms with van der Waals surface area (Å²) in [4.78, 5) is 48.7. The fourth-order valence-corrected chi connectivity index (χ4v) is 5.64. The van der Waals surface area contributed by atoms with Gasteiger partial charge in [-0.25, -0.2) is 14.4 Å². The molecule has 45 heavy (non-hydrogen) atoms. The quantitative estimate of drug-likeness (QED) is 0.142. The summed E-state index contributed by atoms with van der Waals surface area (Å²) in [6.07, 6.45) is 2.60. The maximum absolute atomic E-state index is 12.6. The average molecular weight is 615 g/mol. The van der Waals surface area contributed by atoms with Crippen LogP contribution in [0.1, 0.15) is 74.5 Å². The molecule has 1 aliphatic rings. The molecule has 3 aromatic carbocycles. The van der Waals surface area contributed by atoms with Gasteiger partial charge in [-0.15, -0.1) is 0 Å². The van der Waals surface area contributed by atoms with Gasteiger partial charge in [-0.3, -0.25) is 4.79 Å². The molecule has 0 aromatic heterocycles. The minimum atomic E-state index is -1.12. The van der Waals surface area contributed by atoms with Gasteiger partial charge < -0.3 is 25.2 Å². The molecule has 0 heterocycles. The van der Waals surface area contributed by atoms with Crippen LogP contribution in [0.15, 0.2) is 78.9 Å². The van der Waals surface area contributed by atoms with Crippen molar-refractivity contribution in [3.8, 4) is 11.1 Å². The fraction of sp³-hybridized carbons (Fsp3) is 0.389. The fourth-order valence-electron chi connectivity index (χ4n) is 5.64. The molecule has 0 saturated carbocycles. The lowest BCUT2D eigenvalue weighted by Crippen LogP contribution is -2.41. The molecule has 2 amide bonds. The summed E-state index contributed by atoms with van der Waals surface area (Å²) in [5.41, 5.74) is 5.32. The van der Waals surface area contributed by atoms with E-state index in [1.54, 1.807) is 0 Å². The van der Waals surface area contributed by atoms with Crippen molar-refractivity contribution < 1.29 is 33.8 Å². The summed E-state index contributed by atoms with van der Waals surface area (Å²) < 4.78 is 10.7. The third kappa shape index (κ3) is 9.93. The number of alkyl carbamates (subject to hydrolysis) is 2. The van der Waals surface area contributed by atoms with Gasteiger partial charge in [0, 0.05) is 24.8 Å². The number of ether oxygens (including phenoxy) is 2. The Hall–Kier alpha value is -4.66. The molecule has 0 spiro atoms. The highest BCUT2D eigenvalue weighted by Gasteiger charge is 2.29. The molecule has 2 atom stereocenters. The number of carbonyl (C=O) groups is 4. The number of nitrogens with one attached hydrogen (secondary N) is 2. The van der Waals surface area contributed by atoms with Crippen LogP contribution in [-0.4, -0.2) is 48.2 Å². The monoisotopic (exact) mass is 614 g/mol. The van der Waals surface area contributed by atoms with Crippen molar-refractivity contribution in [2.75, 3.05) is 13.2 Å². The number of rotatable bonds is 17. The highest BCUT2D eigenvalue weighted by molar-refractivity contribution is 5.81. The molecule has 1 unspecified atom stereocenters. The van der Waals surface area contributed by atoms with E-state index < -0.39 is 24.2 Å². The van der Waals surface area contributed by atoms with E-state index in [0.717, 1.165) is 27.8 Å². The third-order valence-corrected chi connectivity index (χ3v) is 8.20. The van der Waals surface area contributed by atoms with Crippen LogP contribution < -0.4 is 10.6 Å². The molecule has 0 bridgehead atoms. The van der Waals surface area contributed by atoms with Crippen LogP contribution >= 0.6 is 0 Å². The number of amides is 2. The number of benzene rings is 3. The molecule has 3 aromatic rings. The lowest BCUT2D eigenvalue weighted by atomic mass is 9.96. The Morgan fingerprint density at radius 3 is 2.07 bits per heavy atom. The lowest BCUT2D eigenvalue weighted by molar-refractivity contribution is -0.139. The molecule has 3 N–H and O–H groups in total. The molecular formula is C36H42N2O7. The van der Waals surface area contributed by atoms with E-state index >= 15 is 0 Å². The van der Waals surface area contributed by atoms with Crippen LogP contribution in [0, 0.1) is 5.92 Å². The molecule has 0 saturated heterocycles. The van der Waals surface area contributed by atoms with Crippen molar-refractivity contribution in [1.82, 2.24) is 10.6 Å². The van der Waals surface area contributed by atoms with Crippen molar-refractivity contribution in [3.05, 3.63) is 95.6 Å². The van der Waals surface area contributed by atoms with Crippen molar-refractivity contribution >= 4 is 23.9 Å². The maximum atomic E-state index is 12.6. The summed E-state index contributed by atoms with van der Waals surface area (Å²) >= 11 is 0. The number of carboxylic acids is 1. The summed E-state index contributed by atoms with van der Waals surface area (Å²) in [5, 5.41) is 14.8. The molecular weight excluding hydrogens is 572 g/mol. The summed E-state index contributed by atoms with van der Waals surface area (Å²) in [6, 6.07) is 24.4. The van der Waals surface area contributed by atoms with E-state index in [1.807, 2.05) is 73.7 Å². The number of carbonyl (C=O) groups excluding carboxylic acids is 3. The molecule has 0 radical (unpaired) electrons. The Bertz CT molecular complexity index is 1400. The Balaban J connectivity index is 1.08. The Morgan fingerprint density at radius 1 is 0.756 bits per heavy atom. The van der Waals surface area contributed by atoms with Gasteiger partial charge in [-0.1, -0.05) is 98.6 Å². The van der Waals surface area contributed by atoms with Gasteiger partial charge in [0.05, 0.1) is 0 Å². The molecule has 0 aliphatic heterocycles. The Labute approximate surface area is 264 Å². The Kier molecular flexibility index (Phi) is 12.5. The van der Waals surface area contributed by atoms with Crippen LogP contribution in [-0.2, 0) is 25.7 Å². The number of aliphatic carboxylic acids is 1. The molecule has 238 valence electrons. The van der Waals surface area contributed by atoms with Gasteiger partial charge in [0.2, 0.25) is 0 Å². The lowest BCUT2D eigenvalue weighted by Gasteiger charge is -2.17. The molecule has 4 rings (SSSR count). The first-order valence-electron chi connectivity index (χ1n) is 15.6. The standard InChI is InChI=1S/C36H42N2O7/c1-25(13-12-22-37-35(42)44-23-26-14-4-2-5-15-26)33(39)21-7-3-6-20-32(34(40)41)38-36(43)45-24-31-29-18-10-8-16-27(29)28-17-9-11-19-30(28)31/h2,4-5,8-11,14-19,25,31-32H,3,6-7,12-13,20-24H2,1H3,(H,37,42)(H,38,43)(H,40,41)/t25-,32?/m0/s1. The van der Waals surface area contributed by atoms with E-state index in [1.165, 1.54) is 0 Å². The molecule has 0 fully saturated rings. The summed E-state index contributed by atoms with van der Waals surface area (Å²) in [7, 11) is 0. The van der Waals surface area contributed by atoms with E-state index in [2.05, 4.69) is 22.8 Å². The second kappa shape index (κ2) is 17.0. The van der Waals surface area contributed by atoms with E-state index in [4.69, 9.17) is 9.47 Å². The predicted octanol–water partition coefficient (Wildman–Crippen LogP) is 6.84. The van der Waals surface area contributed by atoms with Crippen LogP contribution in [0.3, 0.4) is 0 Å². The van der Waals surface area contributed by atoms with Crippen molar-refractivity contribution in [1.29, 1.82) is 0 Å². The summed E-state index contributed by atoms with van der Waals surface area (Å²) in [6.45, 7) is 2.63. The van der Waals surface area contributed by atoms with E-state index in [0.29, 0.717) is 45.1 Å². The van der Waals surface area contributed by atoms with E-state index in [-0.39, 0.29) is 37.3 Å². The van der Waals surface area contributed by atoms with Gasteiger partial charge in [0.15, 0.2) is 0 Å². The zero-order chi connectivity index (χ0) is 32.0. The third-order valence-electron chi connectivity index (χ3n) is 8.20. The van der Waals surface area contributed by atoms with Gasteiger partial charge in [0.1, 0.15) is 25.0 Å². The zero-order valence-electron chi connectivity index (χ0n) is 25.7. The minimum absolute atomic E-state index is 0.107. The van der Waals surface area contributed by atoms with Crippen molar-refractivity contribution in [2.24, 2.45) is 5.92 Å². The highest BCUT2D eigenvalue weighted by Crippen LogP contribution is 2.44. The minimum Gasteiger partial charge on any atom is -0.480 e. The van der Waals surface area contributed by atoms with Crippen molar-refractivity contribution in [3.63, 3.8) is 0 Å². The van der Waals surface area contributed by atoms with Crippen LogP contribution in [0.4, 0.5) is 9.59 Å². The topological polar surface area (TPSA) is 131 Å². The number of hydrogen-bond donors (Lipinski definition) is 3. The number of fused-ring (bicyclic) bond motifs is 3. The van der Waals surface area contributed by atoms with Crippen molar-refractivity contribution in [2.45, 2.75) is 70.4 Å². The maximum Gasteiger partial charge on any atom is 0.407 e. The van der Waals surface area contributed by atoms with Gasteiger partial charge in [-0.2, -0.15) is 0 Å². The molecule has 9 nitrogen and oxygen atoms in total. The second-order valence-electron chi connectivity index (χ2n) is 11.5. The smallest absolute Gasteiger partial charge is 0.407 e. The van der Waals surface area contributed by atoms with Gasteiger partial charge in [-0.05, 0) is 53.5 Å². The first-order valence-corrected chi connectivity index (χ1v) is 15.6.